The third-order valence-electron chi connectivity index (χ3n) is 6.00. The normalized spacial score (nSPS) is 15.6. The molecule has 1 aliphatic heterocycles. The van der Waals surface area contributed by atoms with E-state index in [9.17, 15) is 9.18 Å². The summed E-state index contributed by atoms with van der Waals surface area (Å²) in [5.74, 6) is 0.0136. The molecule has 1 aliphatic rings. The lowest BCUT2D eigenvalue weighted by atomic mass is 9.95. The van der Waals surface area contributed by atoms with Crippen molar-refractivity contribution in [1.29, 1.82) is 0 Å². The van der Waals surface area contributed by atoms with Crippen molar-refractivity contribution in [1.82, 2.24) is 24.6 Å². The van der Waals surface area contributed by atoms with E-state index in [0.717, 1.165) is 22.5 Å². The minimum absolute atomic E-state index is 0.0738. The zero-order chi connectivity index (χ0) is 22.4. The van der Waals surface area contributed by atoms with Gasteiger partial charge in [0.2, 0.25) is 0 Å². The molecule has 1 unspecified atom stereocenters. The number of fused-ring (bicyclic) bond motifs is 2. The molecule has 0 saturated carbocycles. The Balaban J connectivity index is 1.50. The molecular weight excluding hydrogens is 409 g/mol. The standard InChI is InChI=1S/C24H22FN5O2/c1-14-22-19(23(29(2)28-22)16-10-17(25)13-18(11-16)32-3)6-9-30(14)24(31)15-4-5-20-21(12-15)27-8-7-26-20/h4-5,7-8,10-14H,6,9H2,1-3H3. The van der Waals surface area contributed by atoms with Crippen LogP contribution in [0.5, 0.6) is 5.75 Å². The second kappa shape index (κ2) is 7.71. The van der Waals surface area contributed by atoms with Crippen molar-refractivity contribution in [2.45, 2.75) is 19.4 Å². The van der Waals surface area contributed by atoms with Crippen LogP contribution in [0.25, 0.3) is 22.3 Å². The highest BCUT2D eigenvalue weighted by Gasteiger charge is 2.33. The molecule has 2 aromatic heterocycles. The maximum Gasteiger partial charge on any atom is 0.254 e. The van der Waals surface area contributed by atoms with Crippen LogP contribution in [0, 0.1) is 5.82 Å². The predicted octanol–water partition coefficient (Wildman–Crippen LogP) is 3.94. The maximum atomic E-state index is 14.1. The number of rotatable bonds is 3. The summed E-state index contributed by atoms with van der Waals surface area (Å²) in [6.07, 6.45) is 3.87. The molecule has 0 spiro atoms. The molecule has 0 radical (unpaired) electrons. The number of aromatic nitrogens is 4. The molecule has 0 bridgehead atoms. The van der Waals surface area contributed by atoms with Gasteiger partial charge in [-0.05, 0) is 43.7 Å². The lowest BCUT2D eigenvalue weighted by Gasteiger charge is -2.33. The van der Waals surface area contributed by atoms with Crippen molar-refractivity contribution in [3.63, 3.8) is 0 Å². The highest BCUT2D eigenvalue weighted by molar-refractivity contribution is 5.97. The summed E-state index contributed by atoms with van der Waals surface area (Å²) in [7, 11) is 3.35. The highest BCUT2D eigenvalue weighted by atomic mass is 19.1. The third kappa shape index (κ3) is 3.28. The van der Waals surface area contributed by atoms with Gasteiger partial charge in [-0.1, -0.05) is 0 Å². The van der Waals surface area contributed by atoms with Gasteiger partial charge in [0.25, 0.3) is 5.91 Å². The van der Waals surface area contributed by atoms with Crippen molar-refractivity contribution >= 4 is 16.9 Å². The van der Waals surface area contributed by atoms with Gasteiger partial charge in [-0.15, -0.1) is 0 Å². The Kier molecular flexibility index (Phi) is 4.84. The van der Waals surface area contributed by atoms with Crippen LogP contribution in [0.2, 0.25) is 0 Å². The van der Waals surface area contributed by atoms with Crippen LogP contribution in [0.3, 0.4) is 0 Å². The molecule has 0 fully saturated rings. The molecular formula is C24H22FN5O2. The van der Waals surface area contributed by atoms with Crippen LogP contribution >= 0.6 is 0 Å². The van der Waals surface area contributed by atoms with E-state index in [1.807, 2.05) is 24.9 Å². The minimum Gasteiger partial charge on any atom is -0.497 e. The van der Waals surface area contributed by atoms with E-state index < -0.39 is 0 Å². The Hall–Kier alpha value is -3.81. The zero-order valence-electron chi connectivity index (χ0n) is 18.0. The fourth-order valence-corrected chi connectivity index (χ4v) is 4.46. The Morgan fingerprint density at radius 2 is 1.91 bits per heavy atom. The van der Waals surface area contributed by atoms with Crippen LogP contribution in [0.1, 0.15) is 34.6 Å². The second-order valence-electron chi connectivity index (χ2n) is 7.90. The van der Waals surface area contributed by atoms with Crippen molar-refractivity contribution in [2.75, 3.05) is 13.7 Å². The number of halogens is 1. The van der Waals surface area contributed by atoms with E-state index in [-0.39, 0.29) is 17.8 Å². The topological polar surface area (TPSA) is 73.1 Å². The SMILES string of the molecule is COc1cc(F)cc(-c2c3c(nn2C)C(C)N(C(=O)c2ccc4nccnc4c2)CC3)c1. The summed E-state index contributed by atoms with van der Waals surface area (Å²) in [5, 5.41) is 4.71. The van der Waals surface area contributed by atoms with Gasteiger partial charge in [-0.3, -0.25) is 19.4 Å². The number of nitrogens with zero attached hydrogens (tertiary/aromatic N) is 5. The van der Waals surface area contributed by atoms with Gasteiger partial charge < -0.3 is 9.64 Å². The van der Waals surface area contributed by atoms with Crippen LogP contribution in [0.4, 0.5) is 4.39 Å². The van der Waals surface area contributed by atoms with Gasteiger partial charge >= 0.3 is 0 Å². The van der Waals surface area contributed by atoms with Gasteiger partial charge in [-0.25, -0.2) is 4.39 Å². The predicted molar refractivity (Wildman–Crippen MR) is 118 cm³/mol. The Labute approximate surface area is 184 Å². The Morgan fingerprint density at radius 3 is 2.69 bits per heavy atom. The first-order valence-electron chi connectivity index (χ1n) is 10.4. The van der Waals surface area contributed by atoms with Crippen LogP contribution in [-0.4, -0.2) is 44.2 Å². The smallest absolute Gasteiger partial charge is 0.254 e. The molecule has 0 saturated heterocycles. The number of carbonyl (C=O) groups excluding carboxylic acids is 1. The molecule has 162 valence electrons. The first-order valence-corrected chi connectivity index (χ1v) is 10.4. The van der Waals surface area contributed by atoms with E-state index in [0.29, 0.717) is 35.4 Å². The third-order valence-corrected chi connectivity index (χ3v) is 6.00. The summed E-state index contributed by atoms with van der Waals surface area (Å²) < 4.78 is 21.1. The molecule has 32 heavy (non-hydrogen) atoms. The molecule has 8 heteroatoms. The zero-order valence-corrected chi connectivity index (χ0v) is 18.0. The number of benzene rings is 2. The molecule has 5 rings (SSSR count). The van der Waals surface area contributed by atoms with E-state index in [4.69, 9.17) is 9.84 Å². The average Bonchev–Trinajstić information content (AvgIpc) is 3.15. The molecule has 3 heterocycles. The van der Waals surface area contributed by atoms with Crippen molar-refractivity contribution in [2.24, 2.45) is 7.05 Å². The number of methoxy groups -OCH3 is 1. The lowest BCUT2D eigenvalue weighted by Crippen LogP contribution is -2.38. The molecule has 4 aromatic rings. The first kappa shape index (κ1) is 20.1. The molecule has 0 N–H and O–H groups in total. The molecule has 1 amide bonds. The maximum absolute atomic E-state index is 14.1. The first-order chi connectivity index (χ1) is 15.5. The number of hydrogen-bond donors (Lipinski definition) is 0. The quantitative estimate of drug-likeness (QED) is 0.491. The van der Waals surface area contributed by atoms with Gasteiger partial charge in [-0.2, -0.15) is 5.10 Å². The fourth-order valence-electron chi connectivity index (χ4n) is 4.46. The summed E-state index contributed by atoms with van der Waals surface area (Å²) in [6, 6.07) is 9.78. The van der Waals surface area contributed by atoms with E-state index in [2.05, 4.69) is 9.97 Å². The monoisotopic (exact) mass is 431 g/mol. The molecule has 7 nitrogen and oxygen atoms in total. The van der Waals surface area contributed by atoms with E-state index in [1.54, 1.807) is 35.3 Å². The van der Waals surface area contributed by atoms with E-state index >= 15 is 0 Å². The largest absolute Gasteiger partial charge is 0.497 e. The fraction of sp³-hybridized carbons (Fsp3) is 0.250. The summed E-state index contributed by atoms with van der Waals surface area (Å²) >= 11 is 0. The minimum atomic E-state index is -0.366. The van der Waals surface area contributed by atoms with Gasteiger partial charge in [0.15, 0.2) is 0 Å². The summed E-state index contributed by atoms with van der Waals surface area (Å²) in [5.41, 5.74) is 5.41. The number of carbonyl (C=O) groups is 1. The van der Waals surface area contributed by atoms with Crippen LogP contribution in [-0.2, 0) is 13.5 Å². The number of amides is 1. The van der Waals surface area contributed by atoms with Gasteiger partial charge in [0.1, 0.15) is 11.6 Å². The van der Waals surface area contributed by atoms with Crippen molar-refractivity contribution < 1.29 is 13.9 Å². The van der Waals surface area contributed by atoms with Gasteiger partial charge in [0, 0.05) is 48.7 Å². The average molecular weight is 431 g/mol. The van der Waals surface area contributed by atoms with Crippen LogP contribution in [0.15, 0.2) is 48.8 Å². The van der Waals surface area contributed by atoms with Gasteiger partial charge in [0.05, 0.1) is 35.6 Å². The van der Waals surface area contributed by atoms with Crippen LogP contribution < -0.4 is 4.74 Å². The van der Waals surface area contributed by atoms with Crippen molar-refractivity contribution in [3.8, 4) is 17.0 Å². The van der Waals surface area contributed by atoms with E-state index in [1.165, 1.54) is 19.2 Å². The Bertz CT molecular complexity index is 1350. The number of aryl methyl sites for hydroxylation is 1. The number of hydrogen-bond acceptors (Lipinski definition) is 5. The highest BCUT2D eigenvalue weighted by Crippen LogP contribution is 2.37. The number of ether oxygens (including phenoxy) is 1. The molecule has 1 atom stereocenters. The Morgan fingerprint density at radius 1 is 1.12 bits per heavy atom. The van der Waals surface area contributed by atoms with Crippen molar-refractivity contribution in [3.05, 3.63) is 71.4 Å². The molecule has 2 aromatic carbocycles. The molecule has 0 aliphatic carbocycles. The lowest BCUT2D eigenvalue weighted by molar-refractivity contribution is 0.0674. The summed E-state index contributed by atoms with van der Waals surface area (Å²) in [4.78, 5) is 23.7. The summed E-state index contributed by atoms with van der Waals surface area (Å²) in [6.45, 7) is 2.51. The second-order valence-corrected chi connectivity index (χ2v) is 7.90.